The van der Waals surface area contributed by atoms with Crippen molar-refractivity contribution >= 4 is 39.9 Å². The van der Waals surface area contributed by atoms with Gasteiger partial charge in [-0.15, -0.1) is 0 Å². The third-order valence-corrected chi connectivity index (χ3v) is 10.7. The van der Waals surface area contributed by atoms with Gasteiger partial charge in [0, 0.05) is 0 Å². The Labute approximate surface area is 209 Å². The van der Waals surface area contributed by atoms with Gasteiger partial charge in [0.1, 0.15) is 0 Å². The van der Waals surface area contributed by atoms with E-state index in [0.717, 1.165) is 38.8 Å². The van der Waals surface area contributed by atoms with Crippen molar-refractivity contribution in [3.8, 4) is 15.9 Å². The summed E-state index contributed by atoms with van der Waals surface area (Å²) in [7, 11) is 0. The zero-order chi connectivity index (χ0) is 24.9. The van der Waals surface area contributed by atoms with Crippen LogP contribution in [-0.4, -0.2) is 53.1 Å². The Morgan fingerprint density at radius 3 is 2.41 bits per heavy atom. The third-order valence-electron chi connectivity index (χ3n) is 5.06. The molecule has 0 aliphatic heterocycles. The number of ether oxygens (including phenoxy) is 2. The molecule has 4 nitrogen and oxygen atoms in total. The number of hydrogen-bond donors (Lipinski definition) is 0. The minimum atomic E-state index is -4.34. The van der Waals surface area contributed by atoms with Gasteiger partial charge in [0.05, 0.1) is 0 Å². The van der Waals surface area contributed by atoms with Crippen LogP contribution in [0.15, 0.2) is 42.5 Å². The first-order valence-corrected chi connectivity index (χ1v) is 14.6. The molecular weight excluding hydrogens is 577 g/mol. The van der Waals surface area contributed by atoms with E-state index in [1.807, 2.05) is 32.9 Å². The summed E-state index contributed by atoms with van der Waals surface area (Å²) < 4.78 is 52.8. The Morgan fingerprint density at radius 2 is 1.82 bits per heavy atom. The molecule has 0 saturated heterocycles. The Balaban J connectivity index is 1.66. The summed E-state index contributed by atoms with van der Waals surface area (Å²) in [5.41, 5.74) is 2.03. The zero-order valence-corrected chi connectivity index (χ0v) is 22.8. The molecule has 0 radical (unpaired) electrons. The molecule has 1 atom stereocenters. The average Bonchev–Trinajstić information content (AvgIpc) is 3.17. The predicted octanol–water partition coefficient (Wildman–Crippen LogP) is 4.69. The van der Waals surface area contributed by atoms with Crippen LogP contribution in [0, 0.1) is 13.8 Å². The topological polar surface area (TPSA) is 48.4 Å². The van der Waals surface area contributed by atoms with Gasteiger partial charge in [-0.05, 0) is 0 Å². The Hall–Kier alpha value is -2.05. The van der Waals surface area contributed by atoms with E-state index in [9.17, 15) is 18.0 Å². The summed E-state index contributed by atoms with van der Waals surface area (Å²) in [6.45, 7) is 7.90. The summed E-state index contributed by atoms with van der Waals surface area (Å²) >= 11 is 0.176. The first kappa shape index (κ1) is 26.6. The molecule has 1 aromatic heterocycles. The van der Waals surface area contributed by atoms with E-state index in [4.69, 9.17) is 9.47 Å². The van der Waals surface area contributed by atoms with E-state index in [2.05, 4.69) is 11.1 Å². The van der Waals surface area contributed by atoms with Crippen LogP contribution in [0.4, 0.5) is 13.2 Å². The second-order valence-corrected chi connectivity index (χ2v) is 12.1. The van der Waals surface area contributed by atoms with Crippen molar-refractivity contribution in [3.63, 3.8) is 0 Å². The van der Waals surface area contributed by atoms with Crippen LogP contribution in [0.3, 0.4) is 0 Å². The zero-order valence-electron chi connectivity index (χ0n) is 19.4. The van der Waals surface area contributed by atoms with Gasteiger partial charge in [0.2, 0.25) is 0 Å². The second-order valence-electron chi connectivity index (χ2n) is 7.59. The fourth-order valence-corrected chi connectivity index (χ4v) is 8.34. The fourth-order valence-electron chi connectivity index (χ4n) is 3.17. The molecule has 3 rings (SSSR count). The maximum absolute atomic E-state index is 12.8. The second kappa shape index (κ2) is 11.6. The molecule has 0 amide bonds. The molecule has 3 aromatic rings. The van der Waals surface area contributed by atoms with Gasteiger partial charge in [0.15, 0.2) is 0 Å². The number of aryl methyl sites for hydroxylation is 2. The van der Waals surface area contributed by atoms with Crippen molar-refractivity contribution in [2.24, 2.45) is 0 Å². The van der Waals surface area contributed by atoms with Crippen LogP contribution in [0.5, 0.6) is 5.75 Å². The van der Waals surface area contributed by atoms with Crippen molar-refractivity contribution < 1.29 is 27.4 Å². The van der Waals surface area contributed by atoms with Crippen molar-refractivity contribution in [2.75, 3.05) is 6.61 Å². The number of carbonyl (C=O) groups is 1. The number of hydrogen-bond acceptors (Lipinski definition) is 4. The van der Waals surface area contributed by atoms with Crippen molar-refractivity contribution in [1.29, 1.82) is 0 Å². The van der Waals surface area contributed by atoms with E-state index in [-0.39, 0.29) is 35.4 Å². The molecule has 1 unspecified atom stereocenters. The summed E-state index contributed by atoms with van der Waals surface area (Å²) in [6.07, 6.45) is -4.43. The van der Waals surface area contributed by atoms with Crippen LogP contribution in [0.2, 0.25) is 0 Å². The third kappa shape index (κ3) is 6.76. The van der Waals surface area contributed by atoms with Gasteiger partial charge in [-0.2, -0.15) is 0 Å². The SMILES string of the molecule is CCOC(=O)C(CC)Oc1ccc([Se]Cc2[se]c(-c3ccc(C(F)(F)F)cc3)nc2C)cc1C. The van der Waals surface area contributed by atoms with Crippen LogP contribution in [0.25, 0.3) is 10.1 Å². The normalized spacial score (nSPS) is 12.4. The van der Waals surface area contributed by atoms with Gasteiger partial charge >= 0.3 is 210 Å². The first-order valence-electron chi connectivity index (χ1n) is 10.8. The monoisotopic (exact) mass is 605 g/mol. The van der Waals surface area contributed by atoms with Crippen LogP contribution in [-0.2, 0) is 21.0 Å². The molecule has 0 aliphatic rings. The average molecular weight is 603 g/mol. The maximum atomic E-state index is 12.8. The molecule has 9 heteroatoms. The quantitative estimate of drug-likeness (QED) is 0.263. The van der Waals surface area contributed by atoms with Crippen molar-refractivity contribution in [1.82, 2.24) is 4.98 Å². The molecule has 0 bridgehead atoms. The predicted molar refractivity (Wildman–Crippen MR) is 128 cm³/mol. The molecule has 0 spiro atoms. The number of esters is 1. The van der Waals surface area contributed by atoms with Crippen LogP contribution in [0.1, 0.15) is 41.5 Å². The first-order chi connectivity index (χ1) is 16.1. The summed E-state index contributed by atoms with van der Waals surface area (Å²) in [6, 6.07) is 11.3. The van der Waals surface area contributed by atoms with Crippen LogP contribution >= 0.6 is 0 Å². The summed E-state index contributed by atoms with van der Waals surface area (Å²) in [5, 5.41) is 0.895. The molecule has 0 aliphatic carbocycles. The van der Waals surface area contributed by atoms with E-state index in [1.54, 1.807) is 6.92 Å². The molecule has 0 saturated carbocycles. The molecule has 34 heavy (non-hydrogen) atoms. The number of halogens is 3. The molecule has 2 aromatic carbocycles. The Morgan fingerprint density at radius 1 is 1.12 bits per heavy atom. The van der Waals surface area contributed by atoms with E-state index >= 15 is 0 Å². The number of nitrogens with zero attached hydrogens (tertiary/aromatic N) is 1. The Kier molecular flexibility index (Phi) is 9.05. The molecule has 182 valence electrons. The van der Waals surface area contributed by atoms with E-state index < -0.39 is 17.8 Å². The minimum absolute atomic E-state index is 0.00232. The van der Waals surface area contributed by atoms with Crippen molar-refractivity contribution in [3.05, 3.63) is 63.7 Å². The Bertz CT molecular complexity index is 1130. The summed E-state index contributed by atoms with van der Waals surface area (Å²) in [5.74, 6) is 0.320. The van der Waals surface area contributed by atoms with Gasteiger partial charge in [-0.1, -0.05) is 0 Å². The number of rotatable bonds is 9. The number of aromatic nitrogens is 1. The molecule has 0 fully saturated rings. The van der Waals surface area contributed by atoms with Crippen LogP contribution < -0.4 is 9.20 Å². The standard InChI is InChI=1S/C25H26F3NO3Se2/c1-5-20(24(30)31-6-2)32-21-12-11-19(13-15(21)3)33-14-22-16(4)29-23(34-22)17-7-9-18(10-8-17)25(26,27)28/h7-13,20H,5-6,14H2,1-4H3. The molecular formula is C25H26F3NO3Se2. The number of benzene rings is 2. The summed E-state index contributed by atoms with van der Waals surface area (Å²) in [4.78, 5) is 16.7. The van der Waals surface area contributed by atoms with Gasteiger partial charge in [-0.25, -0.2) is 0 Å². The molecule has 0 N–H and O–H groups in total. The van der Waals surface area contributed by atoms with Gasteiger partial charge in [-0.3, -0.25) is 0 Å². The van der Waals surface area contributed by atoms with E-state index in [1.165, 1.54) is 21.0 Å². The van der Waals surface area contributed by atoms with Crippen molar-refractivity contribution in [2.45, 2.75) is 51.7 Å². The van der Waals surface area contributed by atoms with Gasteiger partial charge < -0.3 is 0 Å². The fraction of sp³-hybridized carbons (Fsp3) is 0.360. The number of alkyl halides is 3. The van der Waals surface area contributed by atoms with E-state index in [0.29, 0.717) is 18.8 Å². The molecule has 1 heterocycles. The number of carbonyl (C=O) groups excluding carboxylic acids is 1. The van der Waals surface area contributed by atoms with Gasteiger partial charge in [0.25, 0.3) is 0 Å².